The highest BCUT2D eigenvalue weighted by molar-refractivity contribution is 6.76. The van der Waals surface area contributed by atoms with Gasteiger partial charge in [-0.05, 0) is 6.42 Å². The largest absolute Gasteiger partial charge is 0.300 e. The van der Waals surface area contributed by atoms with Gasteiger partial charge < -0.3 is 0 Å². The lowest BCUT2D eigenvalue weighted by atomic mass is 10.2. The van der Waals surface area contributed by atoms with Gasteiger partial charge in [-0.3, -0.25) is 4.79 Å². The highest BCUT2D eigenvalue weighted by atomic mass is 28.3. The molecule has 0 heterocycles. The molecule has 0 radical (unpaired) electrons. The van der Waals surface area contributed by atoms with Crippen LogP contribution in [0, 0.1) is 0 Å². The molecule has 0 saturated carbocycles. The summed E-state index contributed by atoms with van der Waals surface area (Å²) in [6.07, 6.45) is 2.63. The van der Waals surface area contributed by atoms with Crippen molar-refractivity contribution in [3.63, 3.8) is 0 Å². The summed E-state index contributed by atoms with van der Waals surface area (Å²) in [7, 11) is -0.889. The van der Waals surface area contributed by atoms with E-state index in [1.54, 1.807) is 0 Å². The fraction of sp³-hybridized carbons (Fsp3) is 0.889. The molecule has 0 aliphatic carbocycles. The summed E-state index contributed by atoms with van der Waals surface area (Å²) < 4.78 is 0. The van der Waals surface area contributed by atoms with Crippen LogP contribution in [0.4, 0.5) is 0 Å². The molecule has 0 amide bonds. The standard InChI is InChI=1S/C9H20OSi/c1-5-9(10)7-6-8-11(2,3)4/h5-8H2,1-4H3. The van der Waals surface area contributed by atoms with Crippen molar-refractivity contribution in [3.8, 4) is 0 Å². The lowest BCUT2D eigenvalue weighted by Gasteiger charge is -2.14. The van der Waals surface area contributed by atoms with E-state index >= 15 is 0 Å². The van der Waals surface area contributed by atoms with Gasteiger partial charge in [-0.25, -0.2) is 0 Å². The van der Waals surface area contributed by atoms with Crippen LogP contribution in [0.3, 0.4) is 0 Å². The van der Waals surface area contributed by atoms with Gasteiger partial charge in [-0.2, -0.15) is 0 Å². The Hall–Kier alpha value is -0.113. The van der Waals surface area contributed by atoms with Gasteiger partial charge in [-0.15, -0.1) is 0 Å². The molecule has 0 bridgehead atoms. The molecule has 0 atom stereocenters. The number of carbonyl (C=O) groups excluding carboxylic acids is 1. The summed E-state index contributed by atoms with van der Waals surface area (Å²) in [4.78, 5) is 10.9. The molecule has 0 N–H and O–H groups in total. The Kier molecular flexibility index (Phi) is 4.65. The maximum atomic E-state index is 10.9. The molecule has 1 nitrogen and oxygen atoms in total. The first-order valence-corrected chi connectivity index (χ1v) is 8.18. The van der Waals surface area contributed by atoms with Crippen molar-refractivity contribution in [1.82, 2.24) is 0 Å². The monoisotopic (exact) mass is 172 g/mol. The summed E-state index contributed by atoms with van der Waals surface area (Å²) in [5.74, 6) is 0.420. The van der Waals surface area contributed by atoms with Crippen LogP contribution < -0.4 is 0 Å². The van der Waals surface area contributed by atoms with Gasteiger partial charge in [0.05, 0.1) is 0 Å². The van der Waals surface area contributed by atoms with E-state index in [4.69, 9.17) is 0 Å². The minimum atomic E-state index is -0.889. The van der Waals surface area contributed by atoms with E-state index in [2.05, 4.69) is 19.6 Å². The molecule has 0 aromatic carbocycles. The Morgan fingerprint density at radius 3 is 2.18 bits per heavy atom. The van der Waals surface area contributed by atoms with Crippen molar-refractivity contribution < 1.29 is 4.79 Å². The normalized spacial score (nSPS) is 11.6. The average Bonchev–Trinajstić information content (AvgIpc) is 1.85. The van der Waals surface area contributed by atoms with E-state index in [-0.39, 0.29) is 0 Å². The van der Waals surface area contributed by atoms with Crippen LogP contribution in [-0.4, -0.2) is 13.9 Å². The molecule has 0 aliphatic heterocycles. The Morgan fingerprint density at radius 2 is 1.82 bits per heavy atom. The molecule has 0 aromatic rings. The third-order valence-corrected chi connectivity index (χ3v) is 3.63. The lowest BCUT2D eigenvalue weighted by molar-refractivity contribution is -0.118. The molecule has 66 valence electrons. The van der Waals surface area contributed by atoms with Crippen molar-refractivity contribution in [1.29, 1.82) is 0 Å². The minimum absolute atomic E-state index is 0.420. The molecule has 2 heteroatoms. The second-order valence-electron chi connectivity index (χ2n) is 4.31. The Balaban J connectivity index is 3.35. The van der Waals surface area contributed by atoms with Gasteiger partial charge in [0.15, 0.2) is 0 Å². The van der Waals surface area contributed by atoms with Gasteiger partial charge >= 0.3 is 0 Å². The maximum absolute atomic E-state index is 10.9. The number of Topliss-reactive ketones (excluding diaryl/α,β-unsaturated/α-hetero) is 1. The molecule has 0 saturated heterocycles. The fourth-order valence-corrected chi connectivity index (χ4v) is 2.23. The highest BCUT2D eigenvalue weighted by Crippen LogP contribution is 2.13. The second-order valence-corrected chi connectivity index (χ2v) is 9.93. The first kappa shape index (κ1) is 10.9. The quantitative estimate of drug-likeness (QED) is 0.582. The first-order valence-electron chi connectivity index (χ1n) is 4.47. The molecule has 0 rings (SSSR count). The number of hydrogen-bond acceptors (Lipinski definition) is 1. The summed E-state index contributed by atoms with van der Waals surface area (Å²) in [5.41, 5.74) is 0. The predicted octanol–water partition coefficient (Wildman–Crippen LogP) is 3.08. The van der Waals surface area contributed by atoms with Crippen molar-refractivity contribution in [2.24, 2.45) is 0 Å². The van der Waals surface area contributed by atoms with Crippen LogP contribution in [0.15, 0.2) is 0 Å². The zero-order chi connectivity index (χ0) is 8.91. The van der Waals surface area contributed by atoms with Crippen LogP contribution in [0.1, 0.15) is 26.2 Å². The van der Waals surface area contributed by atoms with E-state index in [1.165, 1.54) is 6.04 Å². The molecular weight excluding hydrogens is 152 g/mol. The molecule has 0 fully saturated rings. The fourth-order valence-electron chi connectivity index (χ4n) is 0.993. The summed E-state index contributed by atoms with van der Waals surface area (Å²) in [6, 6.07) is 1.29. The Morgan fingerprint density at radius 1 is 1.27 bits per heavy atom. The van der Waals surface area contributed by atoms with Gasteiger partial charge in [0, 0.05) is 20.9 Å². The number of carbonyl (C=O) groups is 1. The van der Waals surface area contributed by atoms with Crippen molar-refractivity contribution in [2.45, 2.75) is 51.9 Å². The van der Waals surface area contributed by atoms with E-state index in [9.17, 15) is 4.79 Å². The van der Waals surface area contributed by atoms with Crippen LogP contribution in [0.25, 0.3) is 0 Å². The zero-order valence-electron chi connectivity index (χ0n) is 8.24. The highest BCUT2D eigenvalue weighted by Gasteiger charge is 2.12. The van der Waals surface area contributed by atoms with Gasteiger partial charge in [0.25, 0.3) is 0 Å². The van der Waals surface area contributed by atoms with E-state index in [0.717, 1.165) is 12.8 Å². The number of hydrogen-bond donors (Lipinski definition) is 0. The van der Waals surface area contributed by atoms with Crippen molar-refractivity contribution >= 4 is 13.9 Å². The van der Waals surface area contributed by atoms with E-state index in [0.29, 0.717) is 12.2 Å². The van der Waals surface area contributed by atoms with E-state index < -0.39 is 8.07 Å². The van der Waals surface area contributed by atoms with Crippen LogP contribution in [0.5, 0.6) is 0 Å². The van der Waals surface area contributed by atoms with Gasteiger partial charge in [-0.1, -0.05) is 32.6 Å². The average molecular weight is 172 g/mol. The Labute approximate surface area is 71.2 Å². The van der Waals surface area contributed by atoms with Gasteiger partial charge in [0.1, 0.15) is 5.78 Å². The molecule has 0 aliphatic rings. The molecule has 11 heavy (non-hydrogen) atoms. The Bertz CT molecular complexity index is 124. The second kappa shape index (κ2) is 4.70. The maximum Gasteiger partial charge on any atom is 0.132 e. The van der Waals surface area contributed by atoms with Crippen molar-refractivity contribution in [3.05, 3.63) is 0 Å². The smallest absolute Gasteiger partial charge is 0.132 e. The first-order chi connectivity index (χ1) is 4.95. The molecule has 0 aromatic heterocycles. The third-order valence-electron chi connectivity index (χ3n) is 1.78. The van der Waals surface area contributed by atoms with Crippen LogP contribution >= 0.6 is 0 Å². The van der Waals surface area contributed by atoms with Crippen LogP contribution in [-0.2, 0) is 4.79 Å². The number of ketones is 1. The summed E-state index contributed by atoms with van der Waals surface area (Å²) in [5, 5.41) is 0. The zero-order valence-corrected chi connectivity index (χ0v) is 9.24. The molecular formula is C9H20OSi. The van der Waals surface area contributed by atoms with Crippen molar-refractivity contribution in [2.75, 3.05) is 0 Å². The topological polar surface area (TPSA) is 17.1 Å². The van der Waals surface area contributed by atoms with Crippen LogP contribution in [0.2, 0.25) is 25.7 Å². The van der Waals surface area contributed by atoms with E-state index in [1.807, 2.05) is 6.92 Å². The minimum Gasteiger partial charge on any atom is -0.300 e. The summed E-state index contributed by atoms with van der Waals surface area (Å²) >= 11 is 0. The van der Waals surface area contributed by atoms with Gasteiger partial charge in [0.2, 0.25) is 0 Å². The number of rotatable bonds is 5. The lowest BCUT2D eigenvalue weighted by Crippen LogP contribution is -2.19. The molecule has 0 unspecified atom stereocenters. The summed E-state index contributed by atoms with van der Waals surface area (Å²) in [6.45, 7) is 8.99. The SMILES string of the molecule is CCC(=O)CCC[Si](C)(C)C. The third kappa shape index (κ3) is 7.79. The molecule has 0 spiro atoms. The predicted molar refractivity (Wildman–Crippen MR) is 52.7 cm³/mol.